The largest absolute Gasteiger partial charge is 0.285 e. The average molecular weight is 379 g/mol. The van der Waals surface area contributed by atoms with Crippen LogP contribution in [0.3, 0.4) is 0 Å². The summed E-state index contributed by atoms with van der Waals surface area (Å²) in [4.78, 5) is 30.2. The van der Waals surface area contributed by atoms with Crippen molar-refractivity contribution in [3.63, 3.8) is 0 Å². The van der Waals surface area contributed by atoms with Crippen LogP contribution in [-0.4, -0.2) is 16.6 Å². The van der Waals surface area contributed by atoms with Gasteiger partial charge in [0.2, 0.25) is 11.6 Å². The number of thiazole rings is 1. The first-order valence-electron chi connectivity index (χ1n) is 8.91. The molecule has 0 amide bonds. The third kappa shape index (κ3) is 3.23. The zero-order valence-electron chi connectivity index (χ0n) is 15.1. The highest BCUT2D eigenvalue weighted by molar-refractivity contribution is 7.15. The number of hydrogen-bond donors (Lipinski definition) is 0. The van der Waals surface area contributed by atoms with Crippen molar-refractivity contribution in [1.29, 1.82) is 0 Å². The average Bonchev–Trinajstić information content (AvgIpc) is 3.11. The molecule has 0 fully saturated rings. The molecule has 2 aromatic carbocycles. The van der Waals surface area contributed by atoms with Crippen LogP contribution in [0, 0.1) is 5.82 Å². The van der Waals surface area contributed by atoms with Gasteiger partial charge in [0, 0.05) is 17.0 Å². The van der Waals surface area contributed by atoms with E-state index in [-0.39, 0.29) is 11.7 Å². The second kappa shape index (κ2) is 6.82. The Labute approximate surface area is 160 Å². The molecule has 1 aromatic heterocycles. The first kappa shape index (κ1) is 17.7. The highest BCUT2D eigenvalue weighted by Crippen LogP contribution is 2.38. The number of halogens is 1. The van der Waals surface area contributed by atoms with E-state index in [2.05, 4.69) is 4.98 Å². The molecule has 5 heteroatoms. The van der Waals surface area contributed by atoms with E-state index >= 15 is 0 Å². The lowest BCUT2D eigenvalue weighted by Gasteiger charge is -2.14. The summed E-state index contributed by atoms with van der Waals surface area (Å²) in [5, 5.41) is 0.870. The smallest absolute Gasteiger partial charge is 0.245 e. The molecule has 0 saturated heterocycles. The Hall–Kier alpha value is -2.66. The zero-order chi connectivity index (χ0) is 19.1. The van der Waals surface area contributed by atoms with Gasteiger partial charge in [-0.2, -0.15) is 0 Å². The van der Waals surface area contributed by atoms with E-state index in [0.29, 0.717) is 22.6 Å². The van der Waals surface area contributed by atoms with Gasteiger partial charge in [0.05, 0.1) is 10.7 Å². The van der Waals surface area contributed by atoms with Crippen LogP contribution in [0.4, 0.5) is 4.39 Å². The molecule has 136 valence electrons. The van der Waals surface area contributed by atoms with Crippen LogP contribution >= 0.6 is 11.3 Å². The van der Waals surface area contributed by atoms with Gasteiger partial charge in [-0.3, -0.25) is 9.59 Å². The number of benzene rings is 2. The van der Waals surface area contributed by atoms with Crippen molar-refractivity contribution in [1.82, 2.24) is 4.98 Å². The number of nitrogens with zero attached hydrogens (tertiary/aromatic N) is 1. The summed E-state index contributed by atoms with van der Waals surface area (Å²) >= 11 is 1.32. The van der Waals surface area contributed by atoms with Gasteiger partial charge >= 0.3 is 0 Å². The number of rotatable bonds is 4. The van der Waals surface area contributed by atoms with Crippen LogP contribution in [0.1, 0.15) is 55.9 Å². The minimum absolute atomic E-state index is 0.210. The maximum Gasteiger partial charge on any atom is 0.245 e. The maximum atomic E-state index is 13.0. The standard InChI is InChI=1S/C22H18FNO2S/c1-12(2)22-24-18-16-10-7-14(4-3-13-5-8-15(23)9-6-13)11-17(16)19(25)20(26)21(18)27-22/h5-12H,3-4H2,1-2H3. The van der Waals surface area contributed by atoms with Crippen molar-refractivity contribution in [2.24, 2.45) is 0 Å². The molecule has 27 heavy (non-hydrogen) atoms. The van der Waals surface area contributed by atoms with Crippen molar-refractivity contribution >= 4 is 22.9 Å². The third-order valence-corrected chi connectivity index (χ3v) is 6.10. The van der Waals surface area contributed by atoms with E-state index in [9.17, 15) is 14.0 Å². The van der Waals surface area contributed by atoms with Crippen LogP contribution in [0.5, 0.6) is 0 Å². The number of hydrogen-bond acceptors (Lipinski definition) is 4. The normalized spacial score (nSPS) is 13.0. The predicted molar refractivity (Wildman–Crippen MR) is 104 cm³/mol. The lowest BCUT2D eigenvalue weighted by molar-refractivity contribution is 0.0817. The molecule has 0 atom stereocenters. The van der Waals surface area contributed by atoms with Crippen LogP contribution in [0.2, 0.25) is 0 Å². The van der Waals surface area contributed by atoms with Crippen molar-refractivity contribution in [3.05, 3.63) is 74.9 Å². The van der Waals surface area contributed by atoms with E-state index in [1.165, 1.54) is 23.5 Å². The summed E-state index contributed by atoms with van der Waals surface area (Å²) in [5.41, 5.74) is 3.81. The first-order valence-corrected chi connectivity index (χ1v) is 9.73. The fourth-order valence-electron chi connectivity index (χ4n) is 3.23. The fourth-order valence-corrected chi connectivity index (χ4v) is 4.25. The van der Waals surface area contributed by atoms with Gasteiger partial charge in [0.25, 0.3) is 0 Å². The fraction of sp³-hybridized carbons (Fsp3) is 0.227. The predicted octanol–water partition coefficient (Wildman–Crippen LogP) is 5.24. The van der Waals surface area contributed by atoms with Gasteiger partial charge in [0.15, 0.2) is 0 Å². The molecule has 0 unspecified atom stereocenters. The Morgan fingerprint density at radius 2 is 1.59 bits per heavy atom. The quantitative estimate of drug-likeness (QED) is 0.583. The summed E-state index contributed by atoms with van der Waals surface area (Å²) in [6.45, 7) is 4.05. The van der Waals surface area contributed by atoms with Crippen molar-refractivity contribution in [2.75, 3.05) is 0 Å². The summed E-state index contributed by atoms with van der Waals surface area (Å²) in [7, 11) is 0. The number of Topliss-reactive ketones (excluding diaryl/α,β-unsaturated/α-hetero) is 2. The second-order valence-corrected chi connectivity index (χ2v) is 8.08. The summed E-state index contributed by atoms with van der Waals surface area (Å²) in [5.74, 6) is -0.962. The summed E-state index contributed by atoms with van der Waals surface area (Å²) in [6, 6.07) is 12.1. The van der Waals surface area contributed by atoms with E-state index in [0.717, 1.165) is 28.1 Å². The molecule has 4 rings (SSSR count). The molecular weight excluding hydrogens is 361 g/mol. The Kier molecular flexibility index (Phi) is 4.48. The van der Waals surface area contributed by atoms with E-state index < -0.39 is 11.6 Å². The lowest BCUT2D eigenvalue weighted by atomic mass is 9.89. The SMILES string of the molecule is CC(C)c1nc2c(s1)C(=O)C(=O)c1cc(CCc3ccc(F)cc3)ccc1-2. The highest BCUT2D eigenvalue weighted by atomic mass is 32.1. The number of carbonyl (C=O) groups excluding carboxylic acids is 2. The van der Waals surface area contributed by atoms with E-state index in [4.69, 9.17) is 0 Å². The molecule has 3 nitrogen and oxygen atoms in total. The van der Waals surface area contributed by atoms with Gasteiger partial charge in [-0.1, -0.05) is 38.1 Å². The number of ketones is 2. The lowest BCUT2D eigenvalue weighted by Crippen LogP contribution is -2.20. The molecule has 0 spiro atoms. The monoisotopic (exact) mass is 379 g/mol. The molecular formula is C22H18FNO2S. The molecule has 0 radical (unpaired) electrons. The van der Waals surface area contributed by atoms with Crippen molar-refractivity contribution < 1.29 is 14.0 Å². The van der Waals surface area contributed by atoms with E-state index in [1.807, 2.05) is 26.0 Å². The van der Waals surface area contributed by atoms with E-state index in [1.54, 1.807) is 18.2 Å². The number of aromatic nitrogens is 1. The van der Waals surface area contributed by atoms with Gasteiger partial charge in [-0.25, -0.2) is 9.37 Å². The van der Waals surface area contributed by atoms with Crippen LogP contribution < -0.4 is 0 Å². The molecule has 1 aliphatic rings. The van der Waals surface area contributed by atoms with Crippen LogP contribution in [0.15, 0.2) is 42.5 Å². The number of aryl methyl sites for hydroxylation is 2. The Morgan fingerprint density at radius 3 is 2.30 bits per heavy atom. The summed E-state index contributed by atoms with van der Waals surface area (Å²) < 4.78 is 13.0. The maximum absolute atomic E-state index is 13.0. The van der Waals surface area contributed by atoms with Crippen molar-refractivity contribution in [2.45, 2.75) is 32.6 Å². The zero-order valence-corrected chi connectivity index (χ0v) is 15.9. The molecule has 1 heterocycles. The topological polar surface area (TPSA) is 47.0 Å². The molecule has 3 aromatic rings. The number of carbonyl (C=O) groups is 2. The highest BCUT2D eigenvalue weighted by Gasteiger charge is 2.34. The van der Waals surface area contributed by atoms with Gasteiger partial charge in [-0.15, -0.1) is 11.3 Å². The number of fused-ring (bicyclic) bond motifs is 3. The molecule has 0 aliphatic heterocycles. The van der Waals surface area contributed by atoms with Crippen LogP contribution in [-0.2, 0) is 12.8 Å². The first-order chi connectivity index (χ1) is 12.9. The van der Waals surface area contributed by atoms with Crippen LogP contribution in [0.25, 0.3) is 11.3 Å². The molecule has 0 bridgehead atoms. The minimum atomic E-state index is -0.461. The Morgan fingerprint density at radius 1 is 0.926 bits per heavy atom. The van der Waals surface area contributed by atoms with Gasteiger partial charge in [0.1, 0.15) is 10.7 Å². The third-order valence-electron chi connectivity index (χ3n) is 4.75. The molecule has 1 aliphatic carbocycles. The molecule has 0 N–H and O–H groups in total. The minimum Gasteiger partial charge on any atom is -0.285 e. The van der Waals surface area contributed by atoms with Gasteiger partial charge < -0.3 is 0 Å². The molecule has 0 saturated carbocycles. The van der Waals surface area contributed by atoms with Gasteiger partial charge in [-0.05, 0) is 42.2 Å². The van der Waals surface area contributed by atoms with Crippen molar-refractivity contribution in [3.8, 4) is 11.3 Å². The summed E-state index contributed by atoms with van der Waals surface area (Å²) in [6.07, 6.45) is 1.45. The Bertz CT molecular complexity index is 1050. The Balaban J connectivity index is 1.65. The second-order valence-electron chi connectivity index (χ2n) is 7.05.